The van der Waals surface area contributed by atoms with Crippen LogP contribution in [0.2, 0.25) is 0 Å². The molecule has 0 heterocycles. The fourth-order valence-corrected chi connectivity index (χ4v) is 1.41. The summed E-state index contributed by atoms with van der Waals surface area (Å²) >= 11 is 0. The summed E-state index contributed by atoms with van der Waals surface area (Å²) in [6.45, 7) is 5.51. The number of hydrogen-bond donors (Lipinski definition) is 1. The number of hydrogen-bond acceptors (Lipinski definition) is 3. The molecule has 0 radical (unpaired) electrons. The van der Waals surface area contributed by atoms with Gasteiger partial charge in [-0.25, -0.2) is 0 Å². The summed E-state index contributed by atoms with van der Waals surface area (Å²) in [4.78, 5) is 11.8. The van der Waals surface area contributed by atoms with Crippen LogP contribution < -0.4 is 0 Å². The Morgan fingerprint density at radius 1 is 1.50 bits per heavy atom. The predicted octanol–water partition coefficient (Wildman–Crippen LogP) is 2.13. The molecule has 1 aliphatic carbocycles. The van der Waals surface area contributed by atoms with Crippen LogP contribution in [-0.4, -0.2) is 23.1 Å². The lowest BCUT2D eigenvalue weighted by Gasteiger charge is -2.15. The van der Waals surface area contributed by atoms with Gasteiger partial charge < -0.3 is 9.84 Å². The average molecular weight is 222 g/mol. The van der Waals surface area contributed by atoms with Gasteiger partial charge in [0, 0.05) is 12.0 Å². The maximum Gasteiger partial charge on any atom is 0.193 e. The Balaban J connectivity index is 2.87. The molecule has 0 fully saturated rings. The monoisotopic (exact) mass is 222 g/mol. The van der Waals surface area contributed by atoms with Gasteiger partial charge in [-0.2, -0.15) is 0 Å². The third-order valence-electron chi connectivity index (χ3n) is 2.21. The quantitative estimate of drug-likeness (QED) is 0.792. The molecule has 0 unspecified atom stereocenters. The molecule has 0 amide bonds. The lowest BCUT2D eigenvalue weighted by atomic mass is 9.96. The van der Waals surface area contributed by atoms with Crippen LogP contribution >= 0.6 is 0 Å². The fourth-order valence-electron chi connectivity index (χ4n) is 1.41. The van der Waals surface area contributed by atoms with Gasteiger partial charge in [0.1, 0.15) is 5.60 Å². The molecule has 0 spiro atoms. The van der Waals surface area contributed by atoms with Crippen molar-refractivity contribution < 1.29 is 14.6 Å². The van der Waals surface area contributed by atoms with Crippen LogP contribution in [0.4, 0.5) is 0 Å². The second kappa shape index (κ2) is 5.12. The van der Waals surface area contributed by atoms with Crippen LogP contribution in [0.3, 0.4) is 0 Å². The van der Waals surface area contributed by atoms with E-state index in [-0.39, 0.29) is 5.78 Å². The summed E-state index contributed by atoms with van der Waals surface area (Å²) in [6, 6.07) is 0. The molecule has 0 saturated heterocycles. The van der Waals surface area contributed by atoms with Gasteiger partial charge in [0.05, 0.1) is 12.4 Å². The molecule has 16 heavy (non-hydrogen) atoms. The van der Waals surface area contributed by atoms with E-state index in [2.05, 4.69) is 0 Å². The van der Waals surface area contributed by atoms with Gasteiger partial charge in [-0.3, -0.25) is 4.79 Å². The predicted molar refractivity (Wildman–Crippen MR) is 62.9 cm³/mol. The Hall–Kier alpha value is -1.35. The molecular weight excluding hydrogens is 204 g/mol. The van der Waals surface area contributed by atoms with Crippen molar-refractivity contribution in [2.24, 2.45) is 0 Å². The van der Waals surface area contributed by atoms with Crippen LogP contribution in [0.1, 0.15) is 27.2 Å². The minimum Gasteiger partial charge on any atom is -0.498 e. The molecule has 0 aliphatic heterocycles. The first-order valence-electron chi connectivity index (χ1n) is 5.42. The van der Waals surface area contributed by atoms with Crippen LogP contribution in [0, 0.1) is 0 Å². The fraction of sp³-hybridized carbons (Fsp3) is 0.462. The zero-order valence-corrected chi connectivity index (χ0v) is 9.99. The van der Waals surface area contributed by atoms with Crippen molar-refractivity contribution in [2.45, 2.75) is 32.8 Å². The summed E-state index contributed by atoms with van der Waals surface area (Å²) < 4.78 is 5.37. The highest BCUT2D eigenvalue weighted by Crippen LogP contribution is 2.17. The Morgan fingerprint density at radius 3 is 2.75 bits per heavy atom. The summed E-state index contributed by atoms with van der Waals surface area (Å²) in [6.07, 6.45) is 7.73. The summed E-state index contributed by atoms with van der Waals surface area (Å²) in [7, 11) is 0. The van der Waals surface area contributed by atoms with Crippen LogP contribution in [0.15, 0.2) is 35.6 Å². The number of rotatable bonds is 4. The first-order chi connectivity index (χ1) is 7.45. The van der Waals surface area contributed by atoms with E-state index in [1.165, 1.54) is 13.8 Å². The normalized spacial score (nSPS) is 16.2. The molecule has 1 aliphatic rings. The van der Waals surface area contributed by atoms with E-state index in [1.807, 2.05) is 13.0 Å². The maximum absolute atomic E-state index is 11.8. The first kappa shape index (κ1) is 12.7. The molecule has 0 aromatic rings. The van der Waals surface area contributed by atoms with E-state index in [1.54, 1.807) is 18.2 Å². The zero-order chi connectivity index (χ0) is 12.2. The molecule has 3 heteroatoms. The molecular formula is C13H18O3. The average Bonchev–Trinajstić information content (AvgIpc) is 2.41. The van der Waals surface area contributed by atoms with Crippen LogP contribution in [0.25, 0.3) is 0 Å². The molecule has 0 saturated carbocycles. The number of Topliss-reactive ketones (excluding diaryl/α,β-unsaturated/α-hetero) is 1. The van der Waals surface area contributed by atoms with E-state index >= 15 is 0 Å². The molecule has 1 rings (SSSR count). The second-order valence-electron chi connectivity index (χ2n) is 4.18. The third kappa shape index (κ3) is 3.35. The standard InChI is InChI=1S/C13H18O3/c1-4-16-11-7-5-6-10(8-9-11)12(14)13(2,3)15/h5-6,8-9,15H,4,7H2,1-3H3. The molecule has 3 nitrogen and oxygen atoms in total. The van der Waals surface area contributed by atoms with Crippen LogP contribution in [-0.2, 0) is 9.53 Å². The molecule has 0 aromatic carbocycles. The highest BCUT2D eigenvalue weighted by Gasteiger charge is 2.25. The molecule has 88 valence electrons. The van der Waals surface area contributed by atoms with E-state index < -0.39 is 5.60 Å². The Morgan fingerprint density at radius 2 is 2.19 bits per heavy atom. The van der Waals surface area contributed by atoms with Crippen molar-refractivity contribution >= 4 is 5.78 Å². The van der Waals surface area contributed by atoms with E-state index in [4.69, 9.17) is 4.74 Å². The largest absolute Gasteiger partial charge is 0.498 e. The Bertz CT molecular complexity index is 354. The van der Waals surface area contributed by atoms with E-state index in [0.717, 1.165) is 5.76 Å². The minimum absolute atomic E-state index is 0.280. The summed E-state index contributed by atoms with van der Waals surface area (Å²) in [5.74, 6) is 0.551. The van der Waals surface area contributed by atoms with Gasteiger partial charge >= 0.3 is 0 Å². The topological polar surface area (TPSA) is 46.5 Å². The number of allylic oxidation sites excluding steroid dienone is 4. The number of carbonyl (C=O) groups excluding carboxylic acids is 1. The van der Waals surface area contributed by atoms with E-state index in [9.17, 15) is 9.90 Å². The van der Waals surface area contributed by atoms with Gasteiger partial charge in [0.25, 0.3) is 0 Å². The SMILES string of the molecule is CCOC1=CC=C(C(=O)C(C)(C)O)C=CC1. The number of ether oxygens (including phenoxy) is 1. The van der Waals surface area contributed by atoms with Gasteiger partial charge in [0.2, 0.25) is 0 Å². The maximum atomic E-state index is 11.8. The van der Waals surface area contributed by atoms with Crippen molar-refractivity contribution in [3.8, 4) is 0 Å². The second-order valence-corrected chi connectivity index (χ2v) is 4.18. The lowest BCUT2D eigenvalue weighted by molar-refractivity contribution is -0.129. The van der Waals surface area contributed by atoms with Gasteiger partial charge in [0.15, 0.2) is 5.78 Å². The van der Waals surface area contributed by atoms with E-state index in [0.29, 0.717) is 18.6 Å². The molecule has 0 atom stereocenters. The van der Waals surface area contributed by atoms with Gasteiger partial charge in [-0.1, -0.05) is 12.2 Å². The zero-order valence-electron chi connectivity index (χ0n) is 9.99. The first-order valence-corrected chi connectivity index (χ1v) is 5.42. The van der Waals surface area contributed by atoms with Gasteiger partial charge in [-0.15, -0.1) is 0 Å². The smallest absolute Gasteiger partial charge is 0.193 e. The molecule has 1 N–H and O–H groups in total. The number of aliphatic hydroxyl groups is 1. The lowest BCUT2D eigenvalue weighted by Crippen LogP contribution is -2.31. The Kier molecular flexibility index (Phi) is 4.07. The highest BCUT2D eigenvalue weighted by molar-refractivity contribution is 6.03. The van der Waals surface area contributed by atoms with Crippen molar-refractivity contribution in [3.05, 3.63) is 35.6 Å². The highest BCUT2D eigenvalue weighted by atomic mass is 16.5. The van der Waals surface area contributed by atoms with Crippen molar-refractivity contribution in [1.82, 2.24) is 0 Å². The third-order valence-corrected chi connectivity index (χ3v) is 2.21. The summed E-state index contributed by atoms with van der Waals surface area (Å²) in [5.41, 5.74) is -0.831. The van der Waals surface area contributed by atoms with Crippen molar-refractivity contribution in [3.63, 3.8) is 0 Å². The van der Waals surface area contributed by atoms with Crippen molar-refractivity contribution in [2.75, 3.05) is 6.61 Å². The molecule has 0 bridgehead atoms. The minimum atomic E-state index is -1.33. The summed E-state index contributed by atoms with van der Waals surface area (Å²) in [5, 5.41) is 9.62. The van der Waals surface area contributed by atoms with Gasteiger partial charge in [-0.05, 0) is 32.9 Å². The molecule has 0 aromatic heterocycles. The Labute approximate surface area is 96.1 Å². The van der Waals surface area contributed by atoms with Crippen molar-refractivity contribution in [1.29, 1.82) is 0 Å². The number of carbonyl (C=O) groups is 1. The number of ketones is 1. The van der Waals surface area contributed by atoms with Crippen LogP contribution in [0.5, 0.6) is 0 Å².